The lowest BCUT2D eigenvalue weighted by atomic mass is 10.5. The first-order valence-corrected chi connectivity index (χ1v) is 15.7. The van der Waals surface area contributed by atoms with Crippen LogP contribution in [0.15, 0.2) is 0 Å². The molecule has 0 saturated carbocycles. The topological polar surface area (TPSA) is 89.7 Å². The number of hydrogen-bond donors (Lipinski definition) is 0. The van der Waals surface area contributed by atoms with Crippen molar-refractivity contribution >= 4 is 17.4 Å². The molecule has 2 unspecified atom stereocenters. The maximum Gasteiger partial charge on any atom is 0.500 e. The smallest absolute Gasteiger partial charge is 0.395 e. The molecule has 2 aliphatic rings. The summed E-state index contributed by atoms with van der Waals surface area (Å²) in [6.07, 6.45) is 2.59. The average molecular weight is 485 g/mol. The summed E-state index contributed by atoms with van der Waals surface area (Å²) in [4.78, 5) is 0. The van der Waals surface area contributed by atoms with Gasteiger partial charge in [0.25, 0.3) is 0 Å². The average Bonchev–Trinajstić information content (AvgIpc) is 3.67. The number of hydrogen-bond acceptors (Lipinski definition) is 9. The van der Waals surface area contributed by atoms with E-state index in [9.17, 15) is 0 Å². The van der Waals surface area contributed by atoms with E-state index in [0.717, 1.165) is 64.6 Å². The van der Waals surface area contributed by atoms with Gasteiger partial charge in [-0.2, -0.15) is 0 Å². The SMILES string of the molecule is CCO[Si](C)(CCCOCC1CO1)OCC.CO[Si](CCCOCC1CO1)(OC)OC. The predicted octanol–water partition coefficient (Wildman–Crippen LogP) is 2.61. The van der Waals surface area contributed by atoms with Crippen LogP contribution < -0.4 is 0 Å². The zero-order valence-electron chi connectivity index (χ0n) is 20.3. The van der Waals surface area contributed by atoms with Gasteiger partial charge in [-0.3, -0.25) is 0 Å². The summed E-state index contributed by atoms with van der Waals surface area (Å²) in [5.41, 5.74) is 0. The maximum atomic E-state index is 5.75. The Morgan fingerprint density at radius 3 is 1.52 bits per heavy atom. The van der Waals surface area contributed by atoms with Crippen LogP contribution in [-0.2, 0) is 41.1 Å². The molecule has 31 heavy (non-hydrogen) atoms. The van der Waals surface area contributed by atoms with E-state index in [4.69, 9.17) is 41.1 Å². The first-order chi connectivity index (χ1) is 15.0. The van der Waals surface area contributed by atoms with Crippen LogP contribution in [0.3, 0.4) is 0 Å². The summed E-state index contributed by atoms with van der Waals surface area (Å²) in [5, 5.41) is 0. The summed E-state index contributed by atoms with van der Waals surface area (Å²) in [6.45, 7) is 12.3. The second kappa shape index (κ2) is 16.7. The van der Waals surface area contributed by atoms with Crippen LogP contribution in [-0.4, -0.2) is 104 Å². The largest absolute Gasteiger partial charge is 0.500 e. The predicted molar refractivity (Wildman–Crippen MR) is 122 cm³/mol. The van der Waals surface area contributed by atoms with Gasteiger partial charge in [0.15, 0.2) is 0 Å². The molecule has 2 rings (SSSR count). The number of rotatable bonds is 19. The highest BCUT2D eigenvalue weighted by atomic mass is 28.4. The lowest BCUT2D eigenvalue weighted by molar-refractivity contribution is 0.100. The van der Waals surface area contributed by atoms with Gasteiger partial charge in [-0.15, -0.1) is 0 Å². The number of ether oxygens (including phenoxy) is 4. The minimum Gasteiger partial charge on any atom is -0.395 e. The monoisotopic (exact) mass is 484 g/mol. The first kappa shape index (κ1) is 29.1. The van der Waals surface area contributed by atoms with Crippen molar-refractivity contribution in [3.63, 3.8) is 0 Å². The molecule has 0 N–H and O–H groups in total. The van der Waals surface area contributed by atoms with Gasteiger partial charge in [0, 0.05) is 53.8 Å². The summed E-state index contributed by atoms with van der Waals surface area (Å²) in [7, 11) is 0.557. The highest BCUT2D eigenvalue weighted by Gasteiger charge is 2.37. The van der Waals surface area contributed by atoms with E-state index in [2.05, 4.69) is 6.55 Å². The van der Waals surface area contributed by atoms with E-state index < -0.39 is 17.4 Å². The molecule has 2 saturated heterocycles. The van der Waals surface area contributed by atoms with E-state index in [0.29, 0.717) is 25.4 Å². The van der Waals surface area contributed by atoms with Crippen molar-refractivity contribution < 1.29 is 41.1 Å². The van der Waals surface area contributed by atoms with Crippen LogP contribution in [0.5, 0.6) is 0 Å². The second-order valence-electron chi connectivity index (χ2n) is 7.56. The van der Waals surface area contributed by atoms with E-state index in [-0.39, 0.29) is 0 Å². The lowest BCUT2D eigenvalue weighted by Gasteiger charge is -2.25. The molecule has 11 heteroatoms. The lowest BCUT2D eigenvalue weighted by Crippen LogP contribution is -2.42. The van der Waals surface area contributed by atoms with Crippen molar-refractivity contribution in [1.82, 2.24) is 0 Å². The van der Waals surface area contributed by atoms with E-state index in [1.54, 1.807) is 21.3 Å². The molecule has 2 atom stereocenters. The Morgan fingerprint density at radius 1 is 0.742 bits per heavy atom. The summed E-state index contributed by atoms with van der Waals surface area (Å²) in [6, 6.07) is 1.78. The standard InChI is InChI=1S/C11H24O4Si.C9H20O5Si/c1-4-14-16(3,15-5-2)8-6-7-12-9-11-10-13-11;1-10-15(11-2,12-3)6-4-5-13-7-9-8-14-9/h11H,4-10H2,1-3H3;9H,4-8H2,1-3H3. The molecule has 186 valence electrons. The highest BCUT2D eigenvalue weighted by Crippen LogP contribution is 2.17. The minimum absolute atomic E-state index is 0.333. The van der Waals surface area contributed by atoms with E-state index in [1.807, 2.05) is 13.8 Å². The molecule has 2 aliphatic heterocycles. The van der Waals surface area contributed by atoms with Crippen LogP contribution in [0, 0.1) is 0 Å². The van der Waals surface area contributed by atoms with Gasteiger partial charge in [-0.05, 0) is 39.3 Å². The summed E-state index contributed by atoms with van der Waals surface area (Å²) < 4.78 is 48.4. The normalized spacial score (nSPS) is 20.3. The molecule has 0 amide bonds. The zero-order chi connectivity index (χ0) is 23.0. The fourth-order valence-electron chi connectivity index (χ4n) is 3.00. The van der Waals surface area contributed by atoms with Gasteiger partial charge < -0.3 is 41.1 Å². The maximum absolute atomic E-state index is 5.75. The van der Waals surface area contributed by atoms with E-state index in [1.165, 1.54) is 0 Å². The highest BCUT2D eigenvalue weighted by molar-refractivity contribution is 6.66. The molecule has 0 aromatic rings. The Kier molecular flexibility index (Phi) is 15.6. The van der Waals surface area contributed by atoms with Crippen LogP contribution in [0.4, 0.5) is 0 Å². The minimum atomic E-state index is -2.39. The Bertz CT molecular complexity index is 419. The van der Waals surface area contributed by atoms with Crippen LogP contribution in [0.25, 0.3) is 0 Å². The van der Waals surface area contributed by atoms with Crippen molar-refractivity contribution in [2.45, 2.75) is 57.5 Å². The van der Waals surface area contributed by atoms with Gasteiger partial charge in [-0.1, -0.05) is 0 Å². The van der Waals surface area contributed by atoms with E-state index >= 15 is 0 Å². The molecule has 0 bridgehead atoms. The van der Waals surface area contributed by atoms with Crippen molar-refractivity contribution in [3.8, 4) is 0 Å². The molecule has 0 aromatic carbocycles. The van der Waals surface area contributed by atoms with Gasteiger partial charge in [-0.25, -0.2) is 0 Å². The molecule has 0 radical (unpaired) electrons. The molecule has 2 heterocycles. The van der Waals surface area contributed by atoms with Gasteiger partial charge in [0.2, 0.25) is 0 Å². The molecule has 2 fully saturated rings. The molecule has 0 aromatic heterocycles. The zero-order valence-corrected chi connectivity index (χ0v) is 22.3. The summed E-state index contributed by atoms with van der Waals surface area (Å²) in [5.74, 6) is 0. The fraction of sp³-hybridized carbons (Fsp3) is 1.00. The van der Waals surface area contributed by atoms with Crippen LogP contribution in [0.2, 0.25) is 18.6 Å². The molecule has 0 spiro atoms. The number of epoxide rings is 2. The Morgan fingerprint density at radius 2 is 1.16 bits per heavy atom. The second-order valence-corrected chi connectivity index (χ2v) is 14.0. The van der Waals surface area contributed by atoms with Crippen molar-refractivity contribution in [3.05, 3.63) is 0 Å². The Hall–Kier alpha value is 0.0738. The Balaban J connectivity index is 0.000000311. The Labute approximate surface area is 190 Å². The van der Waals surface area contributed by atoms with Gasteiger partial charge >= 0.3 is 17.4 Å². The molecular weight excluding hydrogens is 440 g/mol. The molecule has 9 nitrogen and oxygen atoms in total. The first-order valence-electron chi connectivity index (χ1n) is 11.3. The van der Waals surface area contributed by atoms with Crippen LogP contribution in [0.1, 0.15) is 26.7 Å². The van der Waals surface area contributed by atoms with Crippen LogP contribution >= 0.6 is 0 Å². The third-order valence-electron chi connectivity index (χ3n) is 4.94. The van der Waals surface area contributed by atoms with Gasteiger partial charge in [0.05, 0.1) is 26.4 Å². The van der Waals surface area contributed by atoms with Crippen molar-refractivity contribution in [2.24, 2.45) is 0 Å². The molecule has 0 aliphatic carbocycles. The third-order valence-corrected chi connectivity index (χ3v) is 10.8. The molecular formula is C20H44O9Si2. The van der Waals surface area contributed by atoms with Crippen molar-refractivity contribution in [2.75, 3.05) is 74.2 Å². The van der Waals surface area contributed by atoms with Gasteiger partial charge in [0.1, 0.15) is 12.2 Å². The third kappa shape index (κ3) is 14.0. The van der Waals surface area contributed by atoms with Crippen molar-refractivity contribution in [1.29, 1.82) is 0 Å². The summed E-state index contributed by atoms with van der Waals surface area (Å²) >= 11 is 0. The quantitative estimate of drug-likeness (QED) is 0.156. The fourth-order valence-corrected chi connectivity index (χ4v) is 7.07.